The molecule has 0 amide bonds. The summed E-state index contributed by atoms with van der Waals surface area (Å²) in [6.07, 6.45) is 0. The van der Waals surface area contributed by atoms with Gasteiger partial charge < -0.3 is 4.74 Å². The lowest BCUT2D eigenvalue weighted by molar-refractivity contribution is 0.0474. The number of benzene rings is 2. The van der Waals surface area contributed by atoms with Gasteiger partial charge in [-0.25, -0.2) is 13.2 Å². The third-order valence-corrected chi connectivity index (χ3v) is 7.34. The minimum atomic E-state index is -3.87. The van der Waals surface area contributed by atoms with Gasteiger partial charge in [0.2, 0.25) is 10.0 Å². The van der Waals surface area contributed by atoms with E-state index in [-0.39, 0.29) is 39.2 Å². The van der Waals surface area contributed by atoms with Gasteiger partial charge in [-0.3, -0.25) is 4.79 Å². The molecule has 156 valence electrons. The van der Waals surface area contributed by atoms with Gasteiger partial charge in [0.1, 0.15) is 4.90 Å². The predicted octanol–water partition coefficient (Wildman–Crippen LogP) is 4.72. The molecular formula is C19H18Cl3NO5S. The van der Waals surface area contributed by atoms with E-state index in [1.165, 1.54) is 34.6 Å². The molecule has 0 spiro atoms. The molecule has 2 aromatic carbocycles. The van der Waals surface area contributed by atoms with Crippen LogP contribution in [0.2, 0.25) is 15.1 Å². The van der Waals surface area contributed by atoms with E-state index in [4.69, 9.17) is 39.5 Å². The normalized spacial score (nSPS) is 11.5. The van der Waals surface area contributed by atoms with E-state index in [2.05, 4.69) is 0 Å². The Hall–Kier alpha value is -1.64. The lowest BCUT2D eigenvalue weighted by Gasteiger charge is -2.19. The molecular weight excluding hydrogens is 461 g/mol. The molecule has 0 radical (unpaired) electrons. The van der Waals surface area contributed by atoms with Crippen LogP contribution >= 0.6 is 34.8 Å². The fraction of sp³-hybridized carbons (Fsp3) is 0.263. The van der Waals surface area contributed by atoms with Crippen molar-refractivity contribution < 1.29 is 22.7 Å². The van der Waals surface area contributed by atoms with Gasteiger partial charge in [0.05, 0.1) is 20.6 Å². The van der Waals surface area contributed by atoms with Crippen LogP contribution in [-0.2, 0) is 14.8 Å². The Balaban J connectivity index is 2.19. The van der Waals surface area contributed by atoms with Crippen molar-refractivity contribution in [1.82, 2.24) is 4.31 Å². The van der Waals surface area contributed by atoms with Crippen LogP contribution in [0.3, 0.4) is 0 Å². The molecule has 2 aromatic rings. The zero-order valence-corrected chi connectivity index (χ0v) is 18.7. The average Bonchev–Trinajstić information content (AvgIpc) is 2.68. The summed E-state index contributed by atoms with van der Waals surface area (Å²) < 4.78 is 31.7. The van der Waals surface area contributed by atoms with Crippen LogP contribution in [0.5, 0.6) is 0 Å². The number of hydrogen-bond donors (Lipinski definition) is 0. The molecule has 2 rings (SSSR count). The fourth-order valence-electron chi connectivity index (χ4n) is 2.50. The summed E-state index contributed by atoms with van der Waals surface area (Å²) in [5.74, 6) is -1.34. The predicted molar refractivity (Wildman–Crippen MR) is 113 cm³/mol. The van der Waals surface area contributed by atoms with Gasteiger partial charge in [-0.05, 0) is 36.4 Å². The van der Waals surface area contributed by atoms with Crippen molar-refractivity contribution >= 4 is 56.6 Å². The second-order valence-electron chi connectivity index (χ2n) is 5.86. The lowest BCUT2D eigenvalue weighted by atomic mass is 10.1. The monoisotopic (exact) mass is 477 g/mol. The summed E-state index contributed by atoms with van der Waals surface area (Å²) in [7, 11) is -3.87. The topological polar surface area (TPSA) is 80.8 Å². The molecule has 0 atom stereocenters. The molecule has 0 aliphatic carbocycles. The minimum absolute atomic E-state index is 0.0136. The number of sulfonamides is 1. The molecule has 0 aliphatic rings. The molecule has 10 heteroatoms. The summed E-state index contributed by atoms with van der Waals surface area (Å²) >= 11 is 17.7. The molecule has 0 unspecified atom stereocenters. The van der Waals surface area contributed by atoms with Gasteiger partial charge in [-0.15, -0.1) is 0 Å². The molecule has 0 fully saturated rings. The van der Waals surface area contributed by atoms with Crippen LogP contribution in [0.15, 0.2) is 41.3 Å². The first-order valence-electron chi connectivity index (χ1n) is 8.56. The summed E-state index contributed by atoms with van der Waals surface area (Å²) in [6.45, 7) is 3.35. The summed E-state index contributed by atoms with van der Waals surface area (Å²) in [5.41, 5.74) is 0.190. The highest BCUT2D eigenvalue weighted by Gasteiger charge is 2.26. The van der Waals surface area contributed by atoms with Crippen molar-refractivity contribution in [2.24, 2.45) is 0 Å². The molecule has 0 N–H and O–H groups in total. The van der Waals surface area contributed by atoms with Gasteiger partial charge in [0, 0.05) is 18.7 Å². The largest absolute Gasteiger partial charge is 0.454 e. The smallest absolute Gasteiger partial charge is 0.338 e. The maximum atomic E-state index is 12.7. The lowest BCUT2D eigenvalue weighted by Crippen LogP contribution is -2.31. The average molecular weight is 479 g/mol. The van der Waals surface area contributed by atoms with E-state index in [0.29, 0.717) is 5.02 Å². The number of rotatable bonds is 8. The number of hydrogen-bond acceptors (Lipinski definition) is 5. The van der Waals surface area contributed by atoms with Crippen molar-refractivity contribution in [3.63, 3.8) is 0 Å². The first kappa shape index (κ1) is 23.6. The molecule has 29 heavy (non-hydrogen) atoms. The minimum Gasteiger partial charge on any atom is -0.454 e. The molecule has 0 aromatic heterocycles. The summed E-state index contributed by atoms with van der Waals surface area (Å²) in [5, 5.41) is 0.483. The van der Waals surface area contributed by atoms with Crippen molar-refractivity contribution in [3.05, 3.63) is 62.6 Å². The van der Waals surface area contributed by atoms with Crippen molar-refractivity contribution in [2.45, 2.75) is 18.7 Å². The van der Waals surface area contributed by atoms with Crippen LogP contribution in [0.4, 0.5) is 0 Å². The molecule has 0 saturated carbocycles. The van der Waals surface area contributed by atoms with E-state index < -0.39 is 28.4 Å². The van der Waals surface area contributed by atoms with Gasteiger partial charge in [0.25, 0.3) is 0 Å². The summed E-state index contributed by atoms with van der Waals surface area (Å²) in [4.78, 5) is 24.3. The number of ketones is 1. The molecule has 0 bridgehead atoms. The van der Waals surface area contributed by atoms with Gasteiger partial charge in [-0.1, -0.05) is 48.7 Å². The number of esters is 1. The molecule has 6 nitrogen and oxygen atoms in total. The van der Waals surface area contributed by atoms with Crippen LogP contribution in [0, 0.1) is 0 Å². The quantitative estimate of drug-likeness (QED) is 0.405. The zero-order chi connectivity index (χ0) is 21.8. The third-order valence-electron chi connectivity index (χ3n) is 4.07. The van der Waals surface area contributed by atoms with E-state index in [1.807, 2.05) is 0 Å². The Morgan fingerprint density at radius 2 is 1.48 bits per heavy atom. The highest BCUT2D eigenvalue weighted by atomic mass is 35.5. The van der Waals surface area contributed by atoms with E-state index in [0.717, 1.165) is 6.07 Å². The Labute approximate surface area is 184 Å². The number of halogens is 3. The maximum absolute atomic E-state index is 12.7. The molecule has 0 heterocycles. The van der Waals surface area contributed by atoms with Crippen molar-refractivity contribution in [2.75, 3.05) is 19.7 Å². The van der Waals surface area contributed by atoms with Crippen LogP contribution in [-0.4, -0.2) is 44.2 Å². The molecule has 0 aliphatic heterocycles. The Kier molecular flexibility index (Phi) is 8.08. The van der Waals surface area contributed by atoms with Crippen molar-refractivity contribution in [1.29, 1.82) is 0 Å². The first-order chi connectivity index (χ1) is 13.6. The number of nitrogens with zero attached hydrogens (tertiary/aromatic N) is 1. The fourth-order valence-corrected chi connectivity index (χ4v) is 4.75. The van der Waals surface area contributed by atoms with E-state index in [1.54, 1.807) is 13.8 Å². The summed E-state index contributed by atoms with van der Waals surface area (Å²) in [6, 6.07) is 8.06. The second-order valence-corrected chi connectivity index (χ2v) is 8.99. The Morgan fingerprint density at radius 3 is 2.07 bits per heavy atom. The van der Waals surface area contributed by atoms with Crippen molar-refractivity contribution in [3.8, 4) is 0 Å². The van der Waals surface area contributed by atoms with Crippen LogP contribution < -0.4 is 0 Å². The van der Waals surface area contributed by atoms with Gasteiger partial charge in [-0.2, -0.15) is 4.31 Å². The van der Waals surface area contributed by atoms with Crippen LogP contribution in [0.25, 0.3) is 0 Å². The zero-order valence-electron chi connectivity index (χ0n) is 15.6. The van der Waals surface area contributed by atoms with E-state index >= 15 is 0 Å². The number of Topliss-reactive ketones (excluding diaryl/α,β-unsaturated/α-hetero) is 1. The number of carbonyl (C=O) groups excluding carboxylic acids is 2. The number of carbonyl (C=O) groups is 2. The highest BCUT2D eigenvalue weighted by molar-refractivity contribution is 7.89. The van der Waals surface area contributed by atoms with Gasteiger partial charge in [0.15, 0.2) is 12.4 Å². The van der Waals surface area contributed by atoms with Crippen LogP contribution in [0.1, 0.15) is 34.6 Å². The number of ether oxygens (including phenoxy) is 1. The maximum Gasteiger partial charge on any atom is 0.338 e. The first-order valence-corrected chi connectivity index (χ1v) is 11.1. The van der Waals surface area contributed by atoms with E-state index in [9.17, 15) is 18.0 Å². The SMILES string of the molecule is CCN(CC)S(=O)(=O)c1cc(C(=O)OCC(=O)c2ccc(Cl)c(Cl)c2)ccc1Cl. The Morgan fingerprint density at radius 1 is 0.897 bits per heavy atom. The second kappa shape index (κ2) is 9.91. The third kappa shape index (κ3) is 5.49. The molecule has 0 saturated heterocycles. The van der Waals surface area contributed by atoms with Gasteiger partial charge >= 0.3 is 5.97 Å². The Bertz CT molecular complexity index is 1040. The highest BCUT2D eigenvalue weighted by Crippen LogP contribution is 2.26. The standard InChI is InChI=1S/C19H18Cl3NO5S/c1-3-23(4-2)29(26,27)18-10-13(6-8-15(18)21)19(25)28-11-17(24)12-5-7-14(20)16(22)9-12/h5-10H,3-4,11H2,1-2H3.